The van der Waals surface area contributed by atoms with Crippen molar-refractivity contribution in [2.75, 3.05) is 26.3 Å². The van der Waals surface area contributed by atoms with Crippen LogP contribution in [-0.2, 0) is 20.7 Å². The van der Waals surface area contributed by atoms with Crippen LogP contribution in [0.4, 0.5) is 0 Å². The van der Waals surface area contributed by atoms with Crippen LogP contribution in [0.15, 0.2) is 71.1 Å². The highest BCUT2D eigenvalue weighted by atomic mass is 16.5. The quantitative estimate of drug-likeness (QED) is 0.259. The molecule has 0 bridgehead atoms. The van der Waals surface area contributed by atoms with Gasteiger partial charge in [-0.25, -0.2) is 0 Å². The monoisotopic (exact) mass is 587 g/mol. The molecule has 1 aromatic heterocycles. The first-order chi connectivity index (χ1) is 20.6. The lowest BCUT2D eigenvalue weighted by atomic mass is 9.90. The summed E-state index contributed by atoms with van der Waals surface area (Å²) in [5.74, 6) is -0.877. The van der Waals surface area contributed by atoms with E-state index in [9.17, 15) is 19.5 Å². The zero-order valence-corrected chi connectivity index (χ0v) is 25.3. The predicted molar refractivity (Wildman–Crippen MR) is 166 cm³/mol. The Kier molecular flexibility index (Phi) is 10.6. The van der Waals surface area contributed by atoms with Crippen molar-refractivity contribution in [2.24, 2.45) is 0 Å². The van der Waals surface area contributed by atoms with Gasteiger partial charge in [-0.05, 0) is 61.2 Å². The second kappa shape index (κ2) is 14.3. The fourth-order valence-electron chi connectivity index (χ4n) is 5.05. The average Bonchev–Trinajstić information content (AvgIpc) is 3.38. The highest BCUT2D eigenvalue weighted by Crippen LogP contribution is 2.30. The van der Waals surface area contributed by atoms with E-state index in [0.717, 1.165) is 46.3 Å². The smallest absolute Gasteiger partial charge is 0.270 e. The Bertz CT molecular complexity index is 1550. The summed E-state index contributed by atoms with van der Waals surface area (Å²) < 4.78 is 10.7. The van der Waals surface area contributed by atoms with E-state index >= 15 is 0 Å². The third-order valence-electron chi connectivity index (χ3n) is 7.70. The van der Waals surface area contributed by atoms with Crippen LogP contribution in [0.5, 0.6) is 0 Å². The first-order valence-electron chi connectivity index (χ1n) is 14.8. The molecule has 4 aromatic rings. The number of fused-ring (bicyclic) bond motifs is 3. The second-order valence-electron chi connectivity index (χ2n) is 11.0. The topological polar surface area (TPSA) is 121 Å². The fraction of sp³-hybridized carbons (Fsp3) is 0.382. The minimum atomic E-state index is -1.67. The molecule has 3 amide bonds. The molecule has 0 spiro atoms. The number of furan rings is 1. The lowest BCUT2D eigenvalue weighted by Gasteiger charge is -2.37. The summed E-state index contributed by atoms with van der Waals surface area (Å²) in [6, 6.07) is 20.7. The van der Waals surface area contributed by atoms with Gasteiger partial charge in [-0.2, -0.15) is 0 Å². The molecule has 2 heterocycles. The maximum atomic E-state index is 13.0. The normalized spacial score (nSPS) is 14.3. The molecule has 0 atom stereocenters. The van der Waals surface area contributed by atoms with E-state index in [2.05, 4.69) is 24.7 Å². The minimum absolute atomic E-state index is 0.0715. The molecule has 0 aliphatic carbocycles. The van der Waals surface area contributed by atoms with E-state index in [1.165, 1.54) is 0 Å². The van der Waals surface area contributed by atoms with Gasteiger partial charge < -0.3 is 19.2 Å². The van der Waals surface area contributed by atoms with Crippen molar-refractivity contribution in [1.82, 2.24) is 15.8 Å². The van der Waals surface area contributed by atoms with Crippen LogP contribution in [0.3, 0.4) is 0 Å². The number of hydrogen-bond acceptors (Lipinski definition) is 6. The highest BCUT2D eigenvalue weighted by molar-refractivity contribution is 6.05. The van der Waals surface area contributed by atoms with E-state index in [1.807, 2.05) is 68.4 Å². The Morgan fingerprint density at radius 2 is 1.56 bits per heavy atom. The van der Waals surface area contributed by atoms with Crippen molar-refractivity contribution in [3.63, 3.8) is 0 Å². The molecule has 1 aliphatic heterocycles. The molecule has 0 saturated carbocycles. The summed E-state index contributed by atoms with van der Waals surface area (Å²) in [5, 5.41) is 12.9. The van der Waals surface area contributed by atoms with Gasteiger partial charge in [0.2, 0.25) is 5.91 Å². The van der Waals surface area contributed by atoms with Crippen molar-refractivity contribution in [3.8, 4) is 0 Å². The number of carbonyl (C=O) groups is 3. The molecule has 1 saturated heterocycles. The van der Waals surface area contributed by atoms with E-state index in [0.29, 0.717) is 11.5 Å². The number of nitrogens with one attached hydrogen (secondary N) is 2. The first-order valence-corrected chi connectivity index (χ1v) is 14.8. The number of rotatable bonds is 7. The lowest BCUT2D eigenvalue weighted by Crippen LogP contribution is -2.58. The van der Waals surface area contributed by atoms with E-state index in [-0.39, 0.29) is 38.3 Å². The van der Waals surface area contributed by atoms with Crippen LogP contribution in [0.25, 0.3) is 21.9 Å². The average molecular weight is 588 g/mol. The van der Waals surface area contributed by atoms with Crippen molar-refractivity contribution < 1.29 is 28.6 Å². The van der Waals surface area contributed by atoms with Gasteiger partial charge in [0.15, 0.2) is 0 Å². The van der Waals surface area contributed by atoms with Gasteiger partial charge in [-0.3, -0.25) is 25.2 Å². The molecule has 1 fully saturated rings. The number of carbonyl (C=O) groups excluding carboxylic acids is 3. The Morgan fingerprint density at radius 3 is 2.19 bits per heavy atom. The van der Waals surface area contributed by atoms with E-state index in [4.69, 9.17) is 9.15 Å². The van der Waals surface area contributed by atoms with Gasteiger partial charge in [-0.15, -0.1) is 0 Å². The maximum Gasteiger partial charge on any atom is 0.270 e. The molecular formula is C34H41N3O6. The zero-order valence-electron chi connectivity index (χ0n) is 25.3. The van der Waals surface area contributed by atoms with Crippen molar-refractivity contribution in [1.29, 1.82) is 0 Å². The number of hydrogen-bond donors (Lipinski definition) is 3. The molecule has 1 aliphatic rings. The molecule has 43 heavy (non-hydrogen) atoms. The number of aliphatic hydroxyl groups is 1. The van der Waals surface area contributed by atoms with Crippen molar-refractivity contribution in [2.45, 2.75) is 58.5 Å². The Hall–Kier alpha value is -4.21. The molecule has 9 heteroatoms. The van der Waals surface area contributed by atoms with Crippen LogP contribution in [0.2, 0.25) is 0 Å². The van der Waals surface area contributed by atoms with Crippen LogP contribution in [0.1, 0.15) is 67.9 Å². The third kappa shape index (κ3) is 7.80. The minimum Gasteiger partial charge on any atom is -0.456 e. The first kappa shape index (κ1) is 31.7. The molecule has 3 N–H and O–H groups in total. The van der Waals surface area contributed by atoms with Crippen molar-refractivity contribution >= 4 is 39.7 Å². The summed E-state index contributed by atoms with van der Waals surface area (Å²) >= 11 is 0. The van der Waals surface area contributed by atoms with Crippen LogP contribution < -0.4 is 10.9 Å². The lowest BCUT2D eigenvalue weighted by molar-refractivity contribution is -0.149. The summed E-state index contributed by atoms with van der Waals surface area (Å²) in [6.45, 7) is 10.3. The molecule has 5 rings (SSSR count). The molecular weight excluding hydrogens is 546 g/mol. The second-order valence-corrected chi connectivity index (χ2v) is 11.0. The Labute approximate surface area is 252 Å². The number of nitrogens with zero attached hydrogens (tertiary/aromatic N) is 1. The molecule has 9 nitrogen and oxygen atoms in total. The van der Waals surface area contributed by atoms with Crippen LogP contribution >= 0.6 is 0 Å². The standard InChI is InChI=1S/C30H31N3O5.C4H10O/c1-19(2)21-8-10-22(11-9-21)28(35)31-32-29(36)30(37)13-15-33(16-14-30)27(34)18-20-7-12-26-24(17-20)23-5-3-4-6-25(23)38-26;1-3-5-4-2/h3-12,17,19,37H,13-16,18H2,1-2H3,(H,31,35)(H,32,36);3-4H2,1-2H3. The van der Waals surface area contributed by atoms with Gasteiger partial charge in [-0.1, -0.05) is 50.2 Å². The maximum absolute atomic E-state index is 13.0. The summed E-state index contributed by atoms with van der Waals surface area (Å²) in [6.07, 6.45) is 0.371. The number of piperidine rings is 1. The molecule has 228 valence electrons. The largest absolute Gasteiger partial charge is 0.456 e. The molecule has 0 unspecified atom stereocenters. The number of likely N-dealkylation sites (tertiary alicyclic amines) is 1. The van der Waals surface area contributed by atoms with Crippen LogP contribution in [0, 0.1) is 0 Å². The Morgan fingerprint density at radius 1 is 0.907 bits per heavy atom. The molecule has 0 radical (unpaired) electrons. The van der Waals surface area contributed by atoms with Gasteiger partial charge in [0.1, 0.15) is 16.8 Å². The number of benzene rings is 3. The fourth-order valence-corrected chi connectivity index (χ4v) is 5.05. The molecule has 3 aromatic carbocycles. The zero-order chi connectivity index (χ0) is 31.0. The predicted octanol–water partition coefficient (Wildman–Crippen LogP) is 5.11. The number of hydrazine groups is 1. The van der Waals surface area contributed by atoms with E-state index < -0.39 is 17.4 Å². The highest BCUT2D eigenvalue weighted by Gasteiger charge is 2.40. The number of amides is 3. The van der Waals surface area contributed by atoms with Gasteiger partial charge in [0, 0.05) is 55.5 Å². The van der Waals surface area contributed by atoms with Gasteiger partial charge in [0.05, 0.1) is 6.42 Å². The Balaban J connectivity index is 0.000000782. The number of para-hydroxylation sites is 1. The number of ether oxygens (including phenoxy) is 1. The van der Waals surface area contributed by atoms with Gasteiger partial charge >= 0.3 is 0 Å². The van der Waals surface area contributed by atoms with E-state index in [1.54, 1.807) is 17.0 Å². The third-order valence-corrected chi connectivity index (χ3v) is 7.70. The summed E-state index contributed by atoms with van der Waals surface area (Å²) in [4.78, 5) is 39.7. The van der Waals surface area contributed by atoms with Crippen molar-refractivity contribution in [3.05, 3.63) is 83.4 Å². The summed E-state index contributed by atoms with van der Waals surface area (Å²) in [7, 11) is 0. The summed E-state index contributed by atoms with van der Waals surface area (Å²) in [5.41, 5.74) is 7.01. The SMILES string of the molecule is CC(C)c1ccc(C(=O)NNC(=O)C2(O)CCN(C(=O)Cc3ccc4oc5ccccc5c4c3)CC2)cc1.CCOCC. The van der Waals surface area contributed by atoms with Gasteiger partial charge in [0.25, 0.3) is 11.8 Å². The van der Waals surface area contributed by atoms with Crippen LogP contribution in [-0.4, -0.2) is 59.6 Å².